The zero-order chi connectivity index (χ0) is 11.4. The maximum absolute atomic E-state index is 5.69. The molecule has 0 radical (unpaired) electrons. The highest BCUT2D eigenvalue weighted by Gasteiger charge is 1.97. The summed E-state index contributed by atoms with van der Waals surface area (Å²) >= 11 is 0. The van der Waals surface area contributed by atoms with Crippen LogP contribution in [0, 0.1) is 6.92 Å². The number of hydrogen-bond acceptors (Lipinski definition) is 3. The molecule has 16 heavy (non-hydrogen) atoms. The van der Waals surface area contributed by atoms with Crippen molar-refractivity contribution >= 4 is 5.69 Å². The number of nitrogens with two attached hydrogens (primary N) is 1. The summed E-state index contributed by atoms with van der Waals surface area (Å²) in [6.07, 6.45) is 0. The summed E-state index contributed by atoms with van der Waals surface area (Å²) < 4.78 is 5.69. The Labute approximate surface area is 94.8 Å². The molecule has 3 N–H and O–H groups in total. The van der Waals surface area contributed by atoms with Gasteiger partial charge in [0.05, 0.1) is 0 Å². The van der Waals surface area contributed by atoms with Crippen molar-refractivity contribution < 1.29 is 4.74 Å². The maximum Gasteiger partial charge on any atom is 0.127 e. The van der Waals surface area contributed by atoms with Crippen molar-refractivity contribution in [3.63, 3.8) is 0 Å². The molecule has 0 amide bonds. The van der Waals surface area contributed by atoms with E-state index in [1.165, 1.54) is 5.56 Å². The Balaban J connectivity index is 2.14. The average Bonchev–Trinajstić information content (AvgIpc) is 2.30. The minimum atomic E-state index is 0.796. The van der Waals surface area contributed by atoms with Gasteiger partial charge in [0, 0.05) is 5.69 Å². The van der Waals surface area contributed by atoms with Gasteiger partial charge in [-0.1, -0.05) is 12.1 Å². The topological polar surface area (TPSA) is 47.3 Å². The number of benzene rings is 2. The molecule has 0 saturated carbocycles. The van der Waals surface area contributed by atoms with Gasteiger partial charge in [0.25, 0.3) is 0 Å². The summed E-state index contributed by atoms with van der Waals surface area (Å²) in [6, 6.07) is 15.4. The number of ether oxygens (including phenoxy) is 1. The second-order valence-electron chi connectivity index (χ2n) is 3.59. The zero-order valence-electron chi connectivity index (χ0n) is 9.10. The third kappa shape index (κ3) is 2.52. The fourth-order valence-electron chi connectivity index (χ4n) is 1.43. The standard InChI is InChI=1S/C13H14N2O/c1-10-3-2-4-13(9-10)16-12-7-5-11(15-14)6-8-12/h2-9,15H,14H2,1H3. The molecule has 0 bridgehead atoms. The second kappa shape index (κ2) is 4.68. The lowest BCUT2D eigenvalue weighted by Gasteiger charge is -2.07. The van der Waals surface area contributed by atoms with E-state index in [0.29, 0.717) is 0 Å². The van der Waals surface area contributed by atoms with Crippen LogP contribution in [0.3, 0.4) is 0 Å². The molecular weight excluding hydrogens is 200 g/mol. The van der Waals surface area contributed by atoms with E-state index in [2.05, 4.69) is 5.43 Å². The van der Waals surface area contributed by atoms with Crippen LogP contribution in [-0.2, 0) is 0 Å². The average molecular weight is 214 g/mol. The molecule has 2 aromatic carbocycles. The van der Waals surface area contributed by atoms with E-state index in [1.54, 1.807) is 0 Å². The number of hydrogen-bond donors (Lipinski definition) is 2. The lowest BCUT2D eigenvalue weighted by Crippen LogP contribution is -2.05. The first kappa shape index (κ1) is 10.5. The lowest BCUT2D eigenvalue weighted by atomic mass is 10.2. The highest BCUT2D eigenvalue weighted by molar-refractivity contribution is 5.46. The van der Waals surface area contributed by atoms with Gasteiger partial charge < -0.3 is 10.2 Å². The van der Waals surface area contributed by atoms with E-state index in [0.717, 1.165) is 17.2 Å². The van der Waals surface area contributed by atoms with Crippen molar-refractivity contribution in [2.45, 2.75) is 6.92 Å². The molecule has 2 aromatic rings. The van der Waals surface area contributed by atoms with Gasteiger partial charge >= 0.3 is 0 Å². The normalized spacial score (nSPS) is 9.88. The summed E-state index contributed by atoms with van der Waals surface area (Å²) in [5, 5.41) is 0. The number of anilines is 1. The van der Waals surface area contributed by atoms with Crippen LogP contribution in [0.2, 0.25) is 0 Å². The number of aryl methyl sites for hydroxylation is 1. The molecule has 0 unspecified atom stereocenters. The molecule has 0 aromatic heterocycles. The Morgan fingerprint density at radius 2 is 1.75 bits per heavy atom. The van der Waals surface area contributed by atoms with Gasteiger partial charge in [-0.15, -0.1) is 0 Å². The van der Waals surface area contributed by atoms with Gasteiger partial charge in [-0.2, -0.15) is 0 Å². The van der Waals surface area contributed by atoms with Crippen LogP contribution >= 0.6 is 0 Å². The SMILES string of the molecule is Cc1cccc(Oc2ccc(NN)cc2)c1. The molecule has 3 nitrogen and oxygen atoms in total. The first-order valence-corrected chi connectivity index (χ1v) is 5.09. The highest BCUT2D eigenvalue weighted by Crippen LogP contribution is 2.23. The minimum absolute atomic E-state index is 0.796. The molecule has 0 spiro atoms. The number of rotatable bonds is 3. The Morgan fingerprint density at radius 3 is 2.38 bits per heavy atom. The van der Waals surface area contributed by atoms with Gasteiger partial charge in [-0.05, 0) is 48.9 Å². The van der Waals surface area contributed by atoms with E-state index < -0.39 is 0 Å². The maximum atomic E-state index is 5.69. The Kier molecular flexibility index (Phi) is 3.08. The number of hydrazine groups is 1. The summed E-state index contributed by atoms with van der Waals surface area (Å²) in [4.78, 5) is 0. The van der Waals surface area contributed by atoms with Gasteiger partial charge in [-0.3, -0.25) is 5.84 Å². The molecule has 0 aliphatic rings. The zero-order valence-corrected chi connectivity index (χ0v) is 9.10. The van der Waals surface area contributed by atoms with Crippen LogP contribution in [0.25, 0.3) is 0 Å². The number of nitrogen functional groups attached to an aromatic ring is 1. The van der Waals surface area contributed by atoms with E-state index in [1.807, 2.05) is 55.5 Å². The monoisotopic (exact) mass is 214 g/mol. The van der Waals surface area contributed by atoms with Gasteiger partial charge in [0.1, 0.15) is 11.5 Å². The molecule has 0 aliphatic heterocycles. The van der Waals surface area contributed by atoms with Crippen molar-refractivity contribution in [2.75, 3.05) is 5.43 Å². The van der Waals surface area contributed by atoms with Crippen LogP contribution in [0.5, 0.6) is 11.5 Å². The smallest absolute Gasteiger partial charge is 0.127 e. The Hall–Kier alpha value is -2.00. The predicted molar refractivity (Wildman–Crippen MR) is 65.5 cm³/mol. The van der Waals surface area contributed by atoms with Gasteiger partial charge in [0.15, 0.2) is 0 Å². The molecule has 0 saturated heterocycles. The minimum Gasteiger partial charge on any atom is -0.457 e. The van der Waals surface area contributed by atoms with Crippen LogP contribution in [0.4, 0.5) is 5.69 Å². The third-order valence-electron chi connectivity index (χ3n) is 2.25. The van der Waals surface area contributed by atoms with Crippen molar-refractivity contribution in [3.8, 4) is 11.5 Å². The molecule has 0 aliphatic carbocycles. The van der Waals surface area contributed by atoms with Crippen molar-refractivity contribution in [2.24, 2.45) is 5.84 Å². The largest absolute Gasteiger partial charge is 0.457 e. The quantitative estimate of drug-likeness (QED) is 0.609. The van der Waals surface area contributed by atoms with Crippen molar-refractivity contribution in [1.82, 2.24) is 0 Å². The summed E-state index contributed by atoms with van der Waals surface area (Å²) in [7, 11) is 0. The van der Waals surface area contributed by atoms with Gasteiger partial charge in [0.2, 0.25) is 0 Å². The van der Waals surface area contributed by atoms with Crippen LogP contribution in [-0.4, -0.2) is 0 Å². The first-order valence-electron chi connectivity index (χ1n) is 5.09. The number of nitrogens with one attached hydrogen (secondary N) is 1. The lowest BCUT2D eigenvalue weighted by molar-refractivity contribution is 0.482. The fraction of sp³-hybridized carbons (Fsp3) is 0.0769. The Morgan fingerprint density at radius 1 is 1.00 bits per heavy atom. The highest BCUT2D eigenvalue weighted by atomic mass is 16.5. The van der Waals surface area contributed by atoms with E-state index in [4.69, 9.17) is 10.6 Å². The van der Waals surface area contributed by atoms with E-state index >= 15 is 0 Å². The fourth-order valence-corrected chi connectivity index (χ4v) is 1.43. The molecule has 0 atom stereocenters. The van der Waals surface area contributed by atoms with Gasteiger partial charge in [-0.25, -0.2) is 0 Å². The summed E-state index contributed by atoms with van der Waals surface area (Å²) in [5.74, 6) is 6.92. The molecule has 82 valence electrons. The molecule has 0 heterocycles. The third-order valence-corrected chi connectivity index (χ3v) is 2.25. The van der Waals surface area contributed by atoms with Crippen molar-refractivity contribution in [1.29, 1.82) is 0 Å². The summed E-state index contributed by atoms with van der Waals surface area (Å²) in [5.41, 5.74) is 4.61. The van der Waals surface area contributed by atoms with Crippen LogP contribution in [0.15, 0.2) is 48.5 Å². The second-order valence-corrected chi connectivity index (χ2v) is 3.59. The molecular formula is C13H14N2O. The van der Waals surface area contributed by atoms with Crippen LogP contribution < -0.4 is 16.0 Å². The molecule has 2 rings (SSSR count). The summed E-state index contributed by atoms with van der Waals surface area (Å²) in [6.45, 7) is 2.04. The molecule has 0 fully saturated rings. The van der Waals surface area contributed by atoms with Crippen molar-refractivity contribution in [3.05, 3.63) is 54.1 Å². The Bertz CT molecular complexity index is 466. The van der Waals surface area contributed by atoms with E-state index in [-0.39, 0.29) is 0 Å². The first-order chi connectivity index (χ1) is 7.78. The predicted octanol–water partition coefficient (Wildman–Crippen LogP) is 3.07. The van der Waals surface area contributed by atoms with Crippen LogP contribution in [0.1, 0.15) is 5.56 Å². The molecule has 3 heteroatoms. The van der Waals surface area contributed by atoms with E-state index in [9.17, 15) is 0 Å².